The minimum atomic E-state index is -3.52. The zero-order valence-electron chi connectivity index (χ0n) is 12.9. The summed E-state index contributed by atoms with van der Waals surface area (Å²) in [5.41, 5.74) is 7.19. The van der Waals surface area contributed by atoms with Crippen molar-refractivity contribution in [3.05, 3.63) is 18.2 Å². The molecule has 0 atom stereocenters. The summed E-state index contributed by atoms with van der Waals surface area (Å²) in [6.07, 6.45) is 4.40. The third kappa shape index (κ3) is 3.89. The van der Waals surface area contributed by atoms with Gasteiger partial charge in [-0.15, -0.1) is 0 Å². The van der Waals surface area contributed by atoms with Gasteiger partial charge in [0, 0.05) is 11.7 Å². The highest BCUT2D eigenvalue weighted by Gasteiger charge is 2.27. The lowest BCUT2D eigenvalue weighted by Gasteiger charge is -2.35. The van der Waals surface area contributed by atoms with Crippen LogP contribution in [-0.2, 0) is 10.0 Å². The minimum Gasteiger partial charge on any atom is -0.399 e. The standard InChI is InChI=1S/C15H25N3O2S/c1-15(2)8-6-12(7-9-15)18-13-5-4-11(16)10-14(13)21(19,20)17-3/h4-5,10,12,17-18H,6-9,16H2,1-3H3. The molecule has 2 rings (SSSR count). The first-order valence-corrected chi connectivity index (χ1v) is 8.81. The van der Waals surface area contributed by atoms with Crippen LogP contribution in [0, 0.1) is 5.41 Å². The molecule has 5 nitrogen and oxygen atoms in total. The molecular formula is C15H25N3O2S. The van der Waals surface area contributed by atoms with Crippen molar-refractivity contribution in [1.29, 1.82) is 0 Å². The van der Waals surface area contributed by atoms with Gasteiger partial charge in [-0.05, 0) is 56.3 Å². The van der Waals surface area contributed by atoms with E-state index in [2.05, 4.69) is 23.9 Å². The molecule has 21 heavy (non-hydrogen) atoms. The van der Waals surface area contributed by atoms with E-state index in [1.807, 2.05) is 0 Å². The van der Waals surface area contributed by atoms with E-state index in [9.17, 15) is 8.42 Å². The Morgan fingerprint density at radius 1 is 1.24 bits per heavy atom. The molecule has 0 amide bonds. The van der Waals surface area contributed by atoms with Gasteiger partial charge in [0.05, 0.1) is 5.69 Å². The van der Waals surface area contributed by atoms with Crippen LogP contribution in [0.1, 0.15) is 39.5 Å². The van der Waals surface area contributed by atoms with Crippen molar-refractivity contribution in [2.24, 2.45) is 5.41 Å². The van der Waals surface area contributed by atoms with Crippen molar-refractivity contribution in [3.8, 4) is 0 Å². The summed E-state index contributed by atoms with van der Waals surface area (Å²) in [5, 5.41) is 3.38. The molecule has 0 aromatic heterocycles. The second-order valence-electron chi connectivity index (χ2n) is 6.55. The quantitative estimate of drug-likeness (QED) is 0.746. The van der Waals surface area contributed by atoms with E-state index in [1.165, 1.54) is 13.1 Å². The fraction of sp³-hybridized carbons (Fsp3) is 0.600. The number of nitrogen functional groups attached to an aromatic ring is 1. The Hall–Kier alpha value is -1.27. The minimum absolute atomic E-state index is 0.217. The van der Waals surface area contributed by atoms with Crippen LogP contribution in [0.15, 0.2) is 23.1 Å². The molecule has 0 saturated heterocycles. The summed E-state index contributed by atoms with van der Waals surface area (Å²) >= 11 is 0. The summed E-state index contributed by atoms with van der Waals surface area (Å²) in [6.45, 7) is 4.56. The zero-order chi connectivity index (χ0) is 15.7. The summed E-state index contributed by atoms with van der Waals surface area (Å²) in [5.74, 6) is 0. The topological polar surface area (TPSA) is 84.2 Å². The Morgan fingerprint density at radius 3 is 2.43 bits per heavy atom. The molecule has 1 aliphatic carbocycles. The molecule has 0 spiro atoms. The molecule has 4 N–H and O–H groups in total. The highest BCUT2D eigenvalue weighted by atomic mass is 32.2. The van der Waals surface area contributed by atoms with Gasteiger partial charge in [-0.2, -0.15) is 0 Å². The Balaban J connectivity index is 2.21. The Kier molecular flexibility index (Phi) is 4.49. The predicted octanol–water partition coefficient (Wildman–Crippen LogP) is 2.56. The van der Waals surface area contributed by atoms with Crippen molar-refractivity contribution >= 4 is 21.4 Å². The van der Waals surface area contributed by atoms with Crippen LogP contribution >= 0.6 is 0 Å². The Labute approximate surface area is 127 Å². The van der Waals surface area contributed by atoms with Crippen LogP contribution < -0.4 is 15.8 Å². The zero-order valence-corrected chi connectivity index (χ0v) is 13.8. The van der Waals surface area contributed by atoms with Gasteiger partial charge in [-0.25, -0.2) is 13.1 Å². The maximum absolute atomic E-state index is 12.1. The van der Waals surface area contributed by atoms with E-state index in [0.29, 0.717) is 22.8 Å². The largest absolute Gasteiger partial charge is 0.399 e. The fourth-order valence-electron chi connectivity index (χ4n) is 2.75. The normalized spacial score (nSPS) is 19.4. The van der Waals surface area contributed by atoms with E-state index < -0.39 is 10.0 Å². The first-order chi connectivity index (χ1) is 9.73. The van der Waals surface area contributed by atoms with Crippen molar-refractivity contribution in [1.82, 2.24) is 4.72 Å². The van der Waals surface area contributed by atoms with Crippen LogP contribution in [0.25, 0.3) is 0 Å². The maximum atomic E-state index is 12.1. The fourth-order valence-corrected chi connectivity index (χ4v) is 3.68. The van der Waals surface area contributed by atoms with Gasteiger partial charge in [-0.3, -0.25) is 0 Å². The van der Waals surface area contributed by atoms with Crippen molar-refractivity contribution in [2.75, 3.05) is 18.1 Å². The van der Waals surface area contributed by atoms with E-state index >= 15 is 0 Å². The maximum Gasteiger partial charge on any atom is 0.242 e. The van der Waals surface area contributed by atoms with Gasteiger partial charge >= 0.3 is 0 Å². The van der Waals surface area contributed by atoms with Gasteiger partial charge < -0.3 is 11.1 Å². The van der Waals surface area contributed by atoms with Gasteiger partial charge in [-0.1, -0.05) is 13.8 Å². The number of hydrogen-bond donors (Lipinski definition) is 3. The molecule has 1 aromatic rings. The third-order valence-electron chi connectivity index (χ3n) is 4.26. The summed E-state index contributed by atoms with van der Waals surface area (Å²) in [4.78, 5) is 0.217. The highest BCUT2D eigenvalue weighted by molar-refractivity contribution is 7.89. The highest BCUT2D eigenvalue weighted by Crippen LogP contribution is 2.36. The molecule has 1 fully saturated rings. The van der Waals surface area contributed by atoms with Crippen LogP contribution in [0.4, 0.5) is 11.4 Å². The van der Waals surface area contributed by atoms with Crippen molar-refractivity contribution in [3.63, 3.8) is 0 Å². The molecule has 1 aromatic carbocycles. The average molecular weight is 311 g/mol. The average Bonchev–Trinajstić information content (AvgIpc) is 2.43. The van der Waals surface area contributed by atoms with Crippen molar-refractivity contribution in [2.45, 2.75) is 50.5 Å². The molecule has 0 bridgehead atoms. The number of rotatable bonds is 4. The monoisotopic (exact) mass is 311 g/mol. The molecular weight excluding hydrogens is 286 g/mol. The van der Waals surface area contributed by atoms with Gasteiger partial charge in [0.2, 0.25) is 10.0 Å². The second kappa shape index (κ2) is 5.85. The van der Waals surface area contributed by atoms with E-state index in [-0.39, 0.29) is 4.90 Å². The van der Waals surface area contributed by atoms with Crippen LogP contribution in [0.2, 0.25) is 0 Å². The molecule has 1 saturated carbocycles. The molecule has 0 heterocycles. The number of sulfonamides is 1. The van der Waals surface area contributed by atoms with Gasteiger partial charge in [0.25, 0.3) is 0 Å². The number of anilines is 2. The molecule has 0 radical (unpaired) electrons. The lowest BCUT2D eigenvalue weighted by molar-refractivity contribution is 0.232. The molecule has 1 aliphatic rings. The smallest absolute Gasteiger partial charge is 0.242 e. The second-order valence-corrected chi connectivity index (χ2v) is 8.40. The van der Waals surface area contributed by atoms with Crippen LogP contribution in [0.5, 0.6) is 0 Å². The number of nitrogens with two attached hydrogens (primary N) is 1. The first-order valence-electron chi connectivity index (χ1n) is 7.33. The summed E-state index contributed by atoms with van der Waals surface area (Å²) < 4.78 is 26.6. The Morgan fingerprint density at radius 2 is 1.86 bits per heavy atom. The summed E-state index contributed by atoms with van der Waals surface area (Å²) in [6, 6.07) is 5.29. The van der Waals surface area contributed by atoms with Crippen LogP contribution in [0.3, 0.4) is 0 Å². The van der Waals surface area contributed by atoms with Gasteiger partial charge in [0.15, 0.2) is 0 Å². The first kappa shape index (κ1) is 16.1. The van der Waals surface area contributed by atoms with E-state index in [0.717, 1.165) is 25.7 Å². The lowest BCUT2D eigenvalue weighted by atomic mass is 9.75. The number of nitrogens with one attached hydrogen (secondary N) is 2. The van der Waals surface area contributed by atoms with Crippen LogP contribution in [-0.4, -0.2) is 21.5 Å². The molecule has 0 unspecified atom stereocenters. The molecule has 0 aliphatic heterocycles. The number of benzene rings is 1. The summed E-state index contributed by atoms with van der Waals surface area (Å²) in [7, 11) is -2.11. The SMILES string of the molecule is CNS(=O)(=O)c1cc(N)ccc1NC1CCC(C)(C)CC1. The lowest BCUT2D eigenvalue weighted by Crippen LogP contribution is -2.31. The van der Waals surface area contributed by atoms with Gasteiger partial charge in [0.1, 0.15) is 4.90 Å². The predicted molar refractivity (Wildman–Crippen MR) is 86.8 cm³/mol. The molecule has 118 valence electrons. The third-order valence-corrected chi connectivity index (χ3v) is 5.72. The number of hydrogen-bond acceptors (Lipinski definition) is 4. The molecule has 6 heteroatoms. The van der Waals surface area contributed by atoms with Crippen molar-refractivity contribution < 1.29 is 8.42 Å². The van der Waals surface area contributed by atoms with E-state index in [1.54, 1.807) is 12.1 Å². The van der Waals surface area contributed by atoms with E-state index in [4.69, 9.17) is 5.73 Å². The Bertz CT molecular complexity index is 601.